The van der Waals surface area contributed by atoms with E-state index in [1.165, 1.54) is 4.90 Å². The van der Waals surface area contributed by atoms with Crippen molar-refractivity contribution >= 4 is 56.7 Å². The summed E-state index contributed by atoms with van der Waals surface area (Å²) in [6.45, 7) is 3.98. The van der Waals surface area contributed by atoms with Crippen molar-refractivity contribution < 1.29 is 23.9 Å². The van der Waals surface area contributed by atoms with Crippen LogP contribution in [0.4, 0.5) is 11.4 Å². The molecule has 0 saturated carbocycles. The van der Waals surface area contributed by atoms with Crippen LogP contribution >= 0.6 is 27.5 Å². The Balaban J connectivity index is 1.53. The zero-order valence-electron chi connectivity index (χ0n) is 17.1. The van der Waals surface area contributed by atoms with E-state index in [0.717, 1.165) is 4.47 Å². The Morgan fingerprint density at radius 2 is 1.94 bits per heavy atom. The molecule has 1 N–H and O–H groups in total. The highest BCUT2D eigenvalue weighted by Crippen LogP contribution is 2.31. The highest BCUT2D eigenvalue weighted by Gasteiger charge is 2.36. The number of esters is 1. The second-order valence-electron chi connectivity index (χ2n) is 7.02. The molecule has 31 heavy (non-hydrogen) atoms. The number of hydrogen-bond donors (Lipinski definition) is 1. The minimum atomic E-state index is -0.629. The van der Waals surface area contributed by atoms with Gasteiger partial charge in [0.2, 0.25) is 5.91 Å². The fraction of sp³-hybridized carbons (Fsp3) is 0.318. The molecule has 9 heteroatoms. The molecular formula is C22H22BrClN2O5. The van der Waals surface area contributed by atoms with Crippen LogP contribution in [0.3, 0.4) is 0 Å². The lowest BCUT2D eigenvalue weighted by atomic mass is 10.1. The summed E-state index contributed by atoms with van der Waals surface area (Å²) in [4.78, 5) is 38.5. The largest absolute Gasteiger partial charge is 0.494 e. The van der Waals surface area contributed by atoms with Crippen LogP contribution in [-0.4, -0.2) is 37.5 Å². The van der Waals surface area contributed by atoms with Crippen molar-refractivity contribution in [3.8, 4) is 5.75 Å². The third-order valence-electron chi connectivity index (χ3n) is 4.88. The van der Waals surface area contributed by atoms with Crippen LogP contribution < -0.4 is 15.0 Å². The number of benzene rings is 2. The van der Waals surface area contributed by atoms with Crippen molar-refractivity contribution in [2.45, 2.75) is 20.3 Å². The Morgan fingerprint density at radius 3 is 2.61 bits per heavy atom. The third kappa shape index (κ3) is 5.57. The second kappa shape index (κ2) is 10.2. The van der Waals surface area contributed by atoms with E-state index in [2.05, 4.69) is 21.2 Å². The van der Waals surface area contributed by atoms with E-state index in [1.54, 1.807) is 43.3 Å². The summed E-state index contributed by atoms with van der Waals surface area (Å²) in [5, 5.41) is 3.17. The van der Waals surface area contributed by atoms with Crippen molar-refractivity contribution in [1.82, 2.24) is 0 Å². The van der Waals surface area contributed by atoms with Crippen LogP contribution in [0.5, 0.6) is 5.75 Å². The first-order chi connectivity index (χ1) is 14.8. The number of ether oxygens (including phenoxy) is 2. The number of carbonyl (C=O) groups is 3. The Kier molecular flexibility index (Phi) is 7.56. The van der Waals surface area contributed by atoms with Crippen LogP contribution in [0, 0.1) is 12.8 Å². The normalized spacial score (nSPS) is 15.7. The van der Waals surface area contributed by atoms with Crippen LogP contribution in [-0.2, 0) is 19.1 Å². The fourth-order valence-electron chi connectivity index (χ4n) is 3.23. The van der Waals surface area contributed by atoms with Gasteiger partial charge in [0, 0.05) is 28.8 Å². The van der Waals surface area contributed by atoms with E-state index < -0.39 is 24.4 Å². The molecule has 1 aliphatic rings. The number of amides is 2. The molecule has 2 amide bonds. The van der Waals surface area contributed by atoms with Gasteiger partial charge in [-0.3, -0.25) is 14.4 Å². The average molecular weight is 510 g/mol. The molecule has 0 aliphatic carbocycles. The highest BCUT2D eigenvalue weighted by atomic mass is 79.9. The SMILES string of the molecule is CCOc1ccc(N2C[C@@H](C(=O)OCC(=O)Nc3ccc(Br)c(Cl)c3C)CC2=O)cc1. The number of anilines is 2. The number of nitrogens with zero attached hydrogens (tertiary/aromatic N) is 1. The lowest BCUT2D eigenvalue weighted by molar-refractivity contribution is -0.151. The quantitative estimate of drug-likeness (QED) is 0.561. The van der Waals surface area contributed by atoms with Crippen molar-refractivity contribution in [1.29, 1.82) is 0 Å². The lowest BCUT2D eigenvalue weighted by Crippen LogP contribution is -2.28. The van der Waals surface area contributed by atoms with Gasteiger partial charge in [-0.2, -0.15) is 0 Å². The molecule has 164 valence electrons. The average Bonchev–Trinajstić information content (AvgIpc) is 3.15. The number of nitrogens with one attached hydrogen (secondary N) is 1. The molecular weight excluding hydrogens is 488 g/mol. The van der Waals surface area contributed by atoms with Crippen molar-refractivity contribution in [3.05, 3.63) is 51.5 Å². The maximum Gasteiger partial charge on any atom is 0.311 e. The van der Waals surface area contributed by atoms with E-state index in [0.29, 0.717) is 34.3 Å². The molecule has 0 unspecified atom stereocenters. The molecule has 1 fully saturated rings. The summed E-state index contributed by atoms with van der Waals surface area (Å²) >= 11 is 9.47. The van der Waals surface area contributed by atoms with E-state index >= 15 is 0 Å². The molecule has 7 nitrogen and oxygen atoms in total. The summed E-state index contributed by atoms with van der Waals surface area (Å²) in [5.41, 5.74) is 1.92. The van der Waals surface area contributed by atoms with Crippen molar-refractivity contribution in [3.63, 3.8) is 0 Å². The molecule has 2 aromatic carbocycles. The first-order valence-electron chi connectivity index (χ1n) is 9.74. The maximum absolute atomic E-state index is 12.4. The van der Waals surface area contributed by atoms with Gasteiger partial charge in [0.25, 0.3) is 5.91 Å². The minimum absolute atomic E-state index is 0.0368. The molecule has 3 rings (SSSR count). The number of rotatable bonds is 7. The van der Waals surface area contributed by atoms with Gasteiger partial charge in [0.15, 0.2) is 6.61 Å². The second-order valence-corrected chi connectivity index (χ2v) is 8.25. The van der Waals surface area contributed by atoms with Gasteiger partial charge in [0.05, 0.1) is 17.5 Å². The number of carbonyl (C=O) groups excluding carboxylic acids is 3. The molecule has 0 aromatic heterocycles. The summed E-state index contributed by atoms with van der Waals surface area (Å²) in [6, 6.07) is 10.5. The fourth-order valence-corrected chi connectivity index (χ4v) is 3.83. The smallest absolute Gasteiger partial charge is 0.311 e. The lowest BCUT2D eigenvalue weighted by Gasteiger charge is -2.17. The molecule has 1 heterocycles. The van der Waals surface area contributed by atoms with E-state index in [1.807, 2.05) is 6.92 Å². The van der Waals surface area contributed by atoms with E-state index in [-0.39, 0.29) is 18.9 Å². The predicted octanol–water partition coefficient (Wildman–Crippen LogP) is 4.34. The Labute approximate surface area is 193 Å². The Morgan fingerprint density at radius 1 is 1.23 bits per heavy atom. The molecule has 2 aromatic rings. The van der Waals surface area contributed by atoms with Gasteiger partial charge in [-0.05, 0) is 71.7 Å². The van der Waals surface area contributed by atoms with Crippen LogP contribution in [0.15, 0.2) is 40.9 Å². The first kappa shape index (κ1) is 23.1. The van der Waals surface area contributed by atoms with Crippen LogP contribution in [0.25, 0.3) is 0 Å². The molecule has 1 saturated heterocycles. The van der Waals surface area contributed by atoms with Crippen molar-refractivity contribution in [2.75, 3.05) is 30.0 Å². The summed E-state index contributed by atoms with van der Waals surface area (Å²) in [6.07, 6.45) is 0.0368. The van der Waals surface area contributed by atoms with Gasteiger partial charge in [-0.15, -0.1) is 0 Å². The Hall–Kier alpha value is -2.58. The van der Waals surface area contributed by atoms with Gasteiger partial charge < -0.3 is 19.7 Å². The summed E-state index contributed by atoms with van der Waals surface area (Å²) in [5.74, 6) is -1.15. The van der Waals surface area contributed by atoms with Gasteiger partial charge >= 0.3 is 5.97 Å². The molecule has 0 spiro atoms. The molecule has 1 atom stereocenters. The van der Waals surface area contributed by atoms with Gasteiger partial charge in [-0.1, -0.05) is 11.6 Å². The topological polar surface area (TPSA) is 84.9 Å². The third-order valence-corrected chi connectivity index (χ3v) is 6.25. The first-order valence-corrected chi connectivity index (χ1v) is 10.9. The predicted molar refractivity (Wildman–Crippen MR) is 122 cm³/mol. The van der Waals surface area contributed by atoms with Crippen molar-refractivity contribution in [2.24, 2.45) is 5.92 Å². The maximum atomic E-state index is 12.4. The summed E-state index contributed by atoms with van der Waals surface area (Å²) < 4.78 is 11.3. The molecule has 0 radical (unpaired) electrons. The zero-order chi connectivity index (χ0) is 22.5. The van der Waals surface area contributed by atoms with Crippen LogP contribution in [0.1, 0.15) is 18.9 Å². The minimum Gasteiger partial charge on any atom is -0.494 e. The number of halogens is 2. The molecule has 1 aliphatic heterocycles. The standard InChI is InChI=1S/C22H22BrClN2O5/c1-3-30-16-6-4-15(5-7-16)26-11-14(10-20(26)28)22(29)31-12-19(27)25-18-9-8-17(23)21(24)13(18)2/h4-9,14H,3,10-12H2,1-2H3,(H,25,27)/t14-/m0/s1. The number of hydrogen-bond acceptors (Lipinski definition) is 5. The zero-order valence-corrected chi connectivity index (χ0v) is 19.5. The summed E-state index contributed by atoms with van der Waals surface area (Å²) in [7, 11) is 0. The molecule has 0 bridgehead atoms. The van der Waals surface area contributed by atoms with Gasteiger partial charge in [0.1, 0.15) is 5.75 Å². The Bertz CT molecular complexity index is 996. The van der Waals surface area contributed by atoms with Crippen LogP contribution in [0.2, 0.25) is 5.02 Å². The van der Waals surface area contributed by atoms with E-state index in [9.17, 15) is 14.4 Å². The van der Waals surface area contributed by atoms with E-state index in [4.69, 9.17) is 21.1 Å². The van der Waals surface area contributed by atoms with Gasteiger partial charge in [-0.25, -0.2) is 0 Å². The highest BCUT2D eigenvalue weighted by molar-refractivity contribution is 9.10. The monoisotopic (exact) mass is 508 g/mol.